The molecule has 2 N–H and O–H groups in total. The van der Waals surface area contributed by atoms with E-state index in [4.69, 9.17) is 4.74 Å². The molecule has 2 aromatic carbocycles. The van der Waals surface area contributed by atoms with Gasteiger partial charge in [-0.2, -0.15) is 5.10 Å². The van der Waals surface area contributed by atoms with Gasteiger partial charge in [0, 0.05) is 11.8 Å². The van der Waals surface area contributed by atoms with Crippen LogP contribution in [0, 0.1) is 5.82 Å². The first-order chi connectivity index (χ1) is 17.6. The molecule has 1 aromatic heterocycles. The van der Waals surface area contributed by atoms with E-state index in [0.29, 0.717) is 25.1 Å². The summed E-state index contributed by atoms with van der Waals surface area (Å²) < 4.78 is 44.2. The van der Waals surface area contributed by atoms with Crippen molar-refractivity contribution >= 4 is 27.3 Å². The molecule has 9 nitrogen and oxygen atoms in total. The molecule has 1 aliphatic carbocycles. The lowest BCUT2D eigenvalue weighted by atomic mass is 9.75. The zero-order valence-electron chi connectivity index (χ0n) is 20.5. The Kier molecular flexibility index (Phi) is 6.26. The summed E-state index contributed by atoms with van der Waals surface area (Å²) in [4.78, 5) is 26.2. The van der Waals surface area contributed by atoms with Crippen molar-refractivity contribution in [2.24, 2.45) is 0 Å². The predicted molar refractivity (Wildman–Crippen MR) is 136 cm³/mol. The van der Waals surface area contributed by atoms with Crippen molar-refractivity contribution in [1.82, 2.24) is 15.1 Å². The Labute approximate surface area is 213 Å². The van der Waals surface area contributed by atoms with Gasteiger partial charge in [-0.05, 0) is 73.7 Å². The predicted octanol–water partition coefficient (Wildman–Crippen LogP) is 3.05. The lowest BCUT2D eigenvalue weighted by Gasteiger charge is -2.42. The van der Waals surface area contributed by atoms with Gasteiger partial charge in [0.25, 0.3) is 5.91 Å². The highest BCUT2D eigenvalue weighted by atomic mass is 32.2. The number of halogens is 1. The third kappa shape index (κ3) is 4.83. The van der Waals surface area contributed by atoms with Crippen molar-refractivity contribution in [3.8, 4) is 17.0 Å². The van der Waals surface area contributed by atoms with Gasteiger partial charge in [-0.25, -0.2) is 12.8 Å². The molecular formula is C26H27FN4O5S. The molecule has 0 saturated heterocycles. The second-order valence-corrected chi connectivity index (χ2v) is 11.6. The van der Waals surface area contributed by atoms with Crippen LogP contribution in [0.4, 0.5) is 10.1 Å². The molecule has 1 atom stereocenters. The second-order valence-electron chi connectivity index (χ2n) is 9.50. The number of hydrogen-bond acceptors (Lipinski definition) is 6. The highest BCUT2D eigenvalue weighted by Gasteiger charge is 2.45. The monoisotopic (exact) mass is 526 g/mol. The molecule has 0 radical (unpaired) electrons. The fourth-order valence-corrected chi connectivity index (χ4v) is 5.78. The van der Waals surface area contributed by atoms with Gasteiger partial charge in [0.2, 0.25) is 5.91 Å². The number of hydrogen-bond donors (Lipinski definition) is 2. The average molecular weight is 527 g/mol. The molecule has 0 bridgehead atoms. The van der Waals surface area contributed by atoms with E-state index >= 15 is 0 Å². The van der Waals surface area contributed by atoms with Gasteiger partial charge in [-0.15, -0.1) is 0 Å². The minimum Gasteiger partial charge on any atom is -0.494 e. The SMILES string of the molecule is CCOc1ccc2c(c1)CCC[C@]21Cn2nc(-c3ccc(F)cc3)c(NC(=O)CS(C)(=O)=O)c2C(=O)N1. The maximum absolute atomic E-state index is 13.6. The van der Waals surface area contributed by atoms with E-state index in [2.05, 4.69) is 15.7 Å². The van der Waals surface area contributed by atoms with E-state index < -0.39 is 38.8 Å². The molecule has 0 saturated carbocycles. The number of aromatic nitrogens is 2. The van der Waals surface area contributed by atoms with Crippen molar-refractivity contribution in [1.29, 1.82) is 0 Å². The number of fused-ring (bicyclic) bond motifs is 3. The van der Waals surface area contributed by atoms with Crippen molar-refractivity contribution in [3.05, 3.63) is 65.1 Å². The van der Waals surface area contributed by atoms with Gasteiger partial charge in [0.1, 0.15) is 28.7 Å². The summed E-state index contributed by atoms with van der Waals surface area (Å²) in [7, 11) is -3.61. The molecule has 1 aliphatic heterocycles. The van der Waals surface area contributed by atoms with E-state index in [-0.39, 0.29) is 17.1 Å². The van der Waals surface area contributed by atoms with Crippen LogP contribution < -0.4 is 15.4 Å². The van der Waals surface area contributed by atoms with Crippen molar-refractivity contribution < 1.29 is 27.1 Å². The Morgan fingerprint density at radius 3 is 2.70 bits per heavy atom. The van der Waals surface area contributed by atoms with Crippen LogP contribution in [0.3, 0.4) is 0 Å². The number of rotatable bonds is 6. The van der Waals surface area contributed by atoms with E-state index in [1.165, 1.54) is 24.3 Å². The van der Waals surface area contributed by atoms with Gasteiger partial charge < -0.3 is 15.4 Å². The number of amides is 2. The number of ether oxygens (including phenoxy) is 1. The summed E-state index contributed by atoms with van der Waals surface area (Å²) in [6, 6.07) is 11.4. The van der Waals surface area contributed by atoms with Gasteiger partial charge in [0.15, 0.2) is 15.5 Å². The molecule has 1 spiro atoms. The van der Waals surface area contributed by atoms with E-state index in [1.54, 1.807) is 4.68 Å². The fraction of sp³-hybridized carbons (Fsp3) is 0.346. The number of nitrogens with one attached hydrogen (secondary N) is 2. The second kappa shape index (κ2) is 9.29. The Balaban J connectivity index is 1.59. The minimum atomic E-state index is -3.61. The summed E-state index contributed by atoms with van der Waals surface area (Å²) in [5.74, 6) is -1.65. The van der Waals surface area contributed by atoms with E-state index in [9.17, 15) is 22.4 Å². The van der Waals surface area contributed by atoms with Crippen LogP contribution in [0.1, 0.15) is 41.4 Å². The Morgan fingerprint density at radius 1 is 1.24 bits per heavy atom. The first-order valence-electron chi connectivity index (χ1n) is 12.0. The number of sulfone groups is 1. The molecular weight excluding hydrogens is 499 g/mol. The standard InChI is InChI=1S/C26H27FN4O5S/c1-3-36-19-10-11-20-17(13-19)5-4-12-26(20)15-31-24(25(33)29-26)23(28-21(32)14-37(2,34)35)22(30-31)16-6-8-18(27)9-7-16/h6-11,13H,3-5,12,14-15H2,1-2H3,(H,28,32)(H,29,33)/t26-/m0/s1. The summed E-state index contributed by atoms with van der Waals surface area (Å²) in [6.45, 7) is 2.79. The maximum atomic E-state index is 13.6. The number of nitrogens with zero attached hydrogens (tertiary/aromatic N) is 2. The van der Waals surface area contributed by atoms with Crippen LogP contribution in [-0.4, -0.2) is 48.6 Å². The Morgan fingerprint density at radius 2 is 2.00 bits per heavy atom. The third-order valence-corrected chi connectivity index (χ3v) is 7.45. The van der Waals surface area contributed by atoms with Gasteiger partial charge in [0.05, 0.1) is 18.7 Å². The summed E-state index contributed by atoms with van der Waals surface area (Å²) in [5.41, 5.74) is 2.32. The number of anilines is 1. The fourth-order valence-electron chi connectivity index (χ4n) is 5.23. The summed E-state index contributed by atoms with van der Waals surface area (Å²) >= 11 is 0. The third-order valence-electron chi connectivity index (χ3n) is 6.67. The zero-order chi connectivity index (χ0) is 26.4. The Bertz CT molecular complexity index is 1500. The Hall–Kier alpha value is -3.73. The van der Waals surface area contributed by atoms with Crippen LogP contribution in [0.25, 0.3) is 11.3 Å². The molecule has 11 heteroatoms. The topological polar surface area (TPSA) is 119 Å². The molecule has 194 valence electrons. The molecule has 0 fully saturated rings. The van der Waals surface area contributed by atoms with Crippen molar-refractivity contribution in [2.75, 3.05) is 23.9 Å². The average Bonchev–Trinajstić information content (AvgIpc) is 3.16. The molecule has 37 heavy (non-hydrogen) atoms. The lowest BCUT2D eigenvalue weighted by Crippen LogP contribution is -2.55. The van der Waals surface area contributed by atoms with Crippen LogP contribution in [0.15, 0.2) is 42.5 Å². The van der Waals surface area contributed by atoms with Crippen LogP contribution in [-0.2, 0) is 33.1 Å². The smallest absolute Gasteiger partial charge is 0.272 e. The summed E-state index contributed by atoms with van der Waals surface area (Å²) in [5, 5.41) is 10.4. The molecule has 2 aliphatic rings. The summed E-state index contributed by atoms with van der Waals surface area (Å²) in [6.07, 6.45) is 3.35. The highest BCUT2D eigenvalue weighted by molar-refractivity contribution is 7.91. The molecule has 0 unspecified atom stereocenters. The zero-order valence-corrected chi connectivity index (χ0v) is 21.3. The minimum absolute atomic E-state index is 0.0929. The molecule has 2 amide bonds. The van der Waals surface area contributed by atoms with Crippen molar-refractivity contribution in [2.45, 2.75) is 38.3 Å². The maximum Gasteiger partial charge on any atom is 0.272 e. The van der Waals surface area contributed by atoms with Crippen LogP contribution in [0.5, 0.6) is 5.75 Å². The van der Waals surface area contributed by atoms with Crippen LogP contribution in [0.2, 0.25) is 0 Å². The first-order valence-corrected chi connectivity index (χ1v) is 14.1. The highest BCUT2D eigenvalue weighted by Crippen LogP contribution is 2.42. The normalized spacial score (nSPS) is 18.6. The van der Waals surface area contributed by atoms with Crippen molar-refractivity contribution in [3.63, 3.8) is 0 Å². The molecule has 3 aromatic rings. The number of carbonyl (C=O) groups is 2. The van der Waals surface area contributed by atoms with Gasteiger partial charge in [-0.1, -0.05) is 6.07 Å². The lowest BCUT2D eigenvalue weighted by molar-refractivity contribution is -0.113. The quantitative estimate of drug-likeness (QED) is 0.510. The van der Waals surface area contributed by atoms with Gasteiger partial charge >= 0.3 is 0 Å². The largest absolute Gasteiger partial charge is 0.494 e. The first kappa shape index (κ1) is 24.9. The van der Waals surface area contributed by atoms with E-state index in [0.717, 1.165) is 36.0 Å². The molecule has 5 rings (SSSR count). The van der Waals surface area contributed by atoms with Crippen LogP contribution >= 0.6 is 0 Å². The molecule has 2 heterocycles. The number of benzene rings is 2. The van der Waals surface area contributed by atoms with E-state index in [1.807, 2.05) is 25.1 Å². The number of aryl methyl sites for hydroxylation is 1. The number of carbonyl (C=O) groups excluding carboxylic acids is 2. The van der Waals surface area contributed by atoms with Gasteiger partial charge in [-0.3, -0.25) is 14.3 Å².